The Labute approximate surface area is 123 Å². The monoisotopic (exact) mass is 286 g/mol. The summed E-state index contributed by atoms with van der Waals surface area (Å²) in [5.41, 5.74) is 1.60. The molecule has 102 valence electrons. The lowest BCUT2D eigenvalue weighted by atomic mass is 9.96. The van der Waals surface area contributed by atoms with Crippen molar-refractivity contribution in [2.24, 2.45) is 0 Å². The number of aromatic amines is 1. The van der Waals surface area contributed by atoms with Crippen molar-refractivity contribution >= 4 is 17.3 Å². The Bertz CT molecular complexity index is 630. The van der Waals surface area contributed by atoms with Crippen LogP contribution in [-0.2, 0) is 0 Å². The molecule has 0 spiro atoms. The van der Waals surface area contributed by atoms with E-state index in [-0.39, 0.29) is 0 Å². The van der Waals surface area contributed by atoms with E-state index in [2.05, 4.69) is 20.9 Å². The van der Waals surface area contributed by atoms with Crippen molar-refractivity contribution in [1.82, 2.24) is 9.97 Å². The Morgan fingerprint density at radius 2 is 2.35 bits per heavy atom. The Kier molecular flexibility index (Phi) is 3.62. The summed E-state index contributed by atoms with van der Waals surface area (Å²) in [7, 11) is 0. The van der Waals surface area contributed by atoms with Gasteiger partial charge in [0.1, 0.15) is 11.9 Å². The molecule has 1 aromatic carbocycles. The molecule has 1 fully saturated rings. The number of hydrogen-bond acceptors (Lipinski definition) is 3. The van der Waals surface area contributed by atoms with E-state index < -0.39 is 0 Å². The van der Waals surface area contributed by atoms with Crippen molar-refractivity contribution in [2.45, 2.75) is 18.8 Å². The van der Waals surface area contributed by atoms with E-state index >= 15 is 0 Å². The summed E-state index contributed by atoms with van der Waals surface area (Å²) < 4.78 is 0. The average molecular weight is 287 g/mol. The van der Waals surface area contributed by atoms with Crippen LogP contribution in [0.3, 0.4) is 0 Å². The van der Waals surface area contributed by atoms with Crippen molar-refractivity contribution in [2.75, 3.05) is 18.0 Å². The van der Waals surface area contributed by atoms with Gasteiger partial charge in [-0.1, -0.05) is 11.6 Å². The summed E-state index contributed by atoms with van der Waals surface area (Å²) in [6.07, 6.45) is 5.87. The van der Waals surface area contributed by atoms with E-state index in [1.54, 1.807) is 12.3 Å². The Morgan fingerprint density at radius 1 is 1.45 bits per heavy atom. The van der Waals surface area contributed by atoms with Crippen LogP contribution < -0.4 is 4.90 Å². The highest BCUT2D eigenvalue weighted by Gasteiger charge is 2.24. The Morgan fingerprint density at radius 3 is 3.10 bits per heavy atom. The van der Waals surface area contributed by atoms with Crippen LogP contribution in [0.15, 0.2) is 30.6 Å². The summed E-state index contributed by atoms with van der Waals surface area (Å²) >= 11 is 5.96. The predicted molar refractivity (Wildman–Crippen MR) is 78.9 cm³/mol. The second-order valence-electron chi connectivity index (χ2n) is 5.03. The molecule has 1 atom stereocenters. The lowest BCUT2D eigenvalue weighted by Gasteiger charge is -2.34. The van der Waals surface area contributed by atoms with Gasteiger partial charge < -0.3 is 9.88 Å². The number of nitriles is 1. The van der Waals surface area contributed by atoms with Crippen LogP contribution >= 0.6 is 11.6 Å². The predicted octanol–water partition coefficient (Wildman–Crippen LogP) is 3.32. The zero-order chi connectivity index (χ0) is 13.9. The van der Waals surface area contributed by atoms with Crippen LogP contribution in [0.25, 0.3) is 0 Å². The number of aromatic nitrogens is 2. The standard InChI is InChI=1S/C15H15ClN4/c16-13-3-4-14(12(8-13)9-17)20-7-1-2-11(10-20)15-18-5-6-19-15/h3-6,8,11H,1-2,7,10H2,(H,18,19). The summed E-state index contributed by atoms with van der Waals surface area (Å²) in [6, 6.07) is 7.74. The third kappa shape index (κ3) is 2.50. The zero-order valence-electron chi connectivity index (χ0n) is 11.0. The average Bonchev–Trinajstić information content (AvgIpc) is 3.01. The molecule has 2 aromatic rings. The third-order valence-electron chi connectivity index (χ3n) is 3.75. The molecule has 1 unspecified atom stereocenters. The van der Waals surface area contributed by atoms with Crippen LogP contribution in [0, 0.1) is 11.3 Å². The minimum Gasteiger partial charge on any atom is -0.370 e. The maximum atomic E-state index is 9.27. The van der Waals surface area contributed by atoms with Gasteiger partial charge in [-0.2, -0.15) is 5.26 Å². The molecule has 3 rings (SSSR count). The number of anilines is 1. The topological polar surface area (TPSA) is 55.7 Å². The van der Waals surface area contributed by atoms with Crippen LogP contribution in [0.4, 0.5) is 5.69 Å². The second-order valence-corrected chi connectivity index (χ2v) is 5.47. The molecule has 0 radical (unpaired) electrons. The molecule has 0 aliphatic carbocycles. The largest absolute Gasteiger partial charge is 0.370 e. The number of piperidine rings is 1. The Balaban J connectivity index is 1.86. The van der Waals surface area contributed by atoms with E-state index in [1.165, 1.54) is 0 Å². The van der Waals surface area contributed by atoms with Crippen LogP contribution in [-0.4, -0.2) is 23.1 Å². The van der Waals surface area contributed by atoms with Gasteiger partial charge in [-0.05, 0) is 31.0 Å². The summed E-state index contributed by atoms with van der Waals surface area (Å²) in [4.78, 5) is 9.80. The summed E-state index contributed by atoms with van der Waals surface area (Å²) in [5.74, 6) is 1.42. The van der Waals surface area contributed by atoms with E-state index in [4.69, 9.17) is 11.6 Å². The van der Waals surface area contributed by atoms with E-state index in [1.807, 2.05) is 18.3 Å². The van der Waals surface area contributed by atoms with Gasteiger partial charge >= 0.3 is 0 Å². The molecule has 1 aliphatic rings. The number of H-pyrrole nitrogens is 1. The van der Waals surface area contributed by atoms with Gasteiger partial charge in [0.15, 0.2) is 0 Å². The highest BCUT2D eigenvalue weighted by molar-refractivity contribution is 6.30. The highest BCUT2D eigenvalue weighted by atomic mass is 35.5. The maximum Gasteiger partial charge on any atom is 0.110 e. The molecule has 1 N–H and O–H groups in total. The molecular formula is C15H15ClN4. The van der Waals surface area contributed by atoms with Crippen molar-refractivity contribution < 1.29 is 0 Å². The number of nitrogens with one attached hydrogen (secondary N) is 1. The van der Waals surface area contributed by atoms with Gasteiger partial charge in [0.2, 0.25) is 0 Å². The SMILES string of the molecule is N#Cc1cc(Cl)ccc1N1CCCC(c2ncc[nH]2)C1. The molecular weight excluding hydrogens is 272 g/mol. The normalized spacial score (nSPS) is 18.8. The third-order valence-corrected chi connectivity index (χ3v) is 3.98. The first-order valence-electron chi connectivity index (χ1n) is 6.72. The first-order valence-corrected chi connectivity index (χ1v) is 7.09. The van der Waals surface area contributed by atoms with Crippen LogP contribution in [0.1, 0.15) is 30.1 Å². The summed E-state index contributed by atoms with van der Waals surface area (Å²) in [5, 5.41) is 9.87. The molecule has 0 amide bonds. The first kappa shape index (κ1) is 13.0. The molecule has 1 aromatic heterocycles. The number of benzene rings is 1. The minimum absolute atomic E-state index is 0.390. The first-order chi connectivity index (χ1) is 9.78. The fourth-order valence-electron chi connectivity index (χ4n) is 2.79. The van der Waals surface area contributed by atoms with E-state index in [0.29, 0.717) is 16.5 Å². The van der Waals surface area contributed by atoms with Gasteiger partial charge in [0, 0.05) is 36.4 Å². The molecule has 1 saturated heterocycles. The number of nitrogens with zero attached hydrogens (tertiary/aromatic N) is 3. The summed E-state index contributed by atoms with van der Waals surface area (Å²) in [6.45, 7) is 1.84. The van der Waals surface area contributed by atoms with Crippen molar-refractivity contribution in [3.8, 4) is 6.07 Å². The fourth-order valence-corrected chi connectivity index (χ4v) is 2.97. The number of hydrogen-bond donors (Lipinski definition) is 1. The molecule has 20 heavy (non-hydrogen) atoms. The lowest BCUT2D eigenvalue weighted by Crippen LogP contribution is -2.35. The van der Waals surface area contributed by atoms with Gasteiger partial charge in [-0.3, -0.25) is 0 Å². The van der Waals surface area contributed by atoms with Gasteiger partial charge in [-0.15, -0.1) is 0 Å². The quantitative estimate of drug-likeness (QED) is 0.921. The minimum atomic E-state index is 0.390. The van der Waals surface area contributed by atoms with Crippen LogP contribution in [0.2, 0.25) is 5.02 Å². The maximum absolute atomic E-state index is 9.27. The Hall–Kier alpha value is -1.99. The van der Waals surface area contributed by atoms with Gasteiger partial charge in [-0.25, -0.2) is 4.98 Å². The second kappa shape index (κ2) is 5.56. The fraction of sp³-hybridized carbons (Fsp3) is 0.333. The van der Waals surface area contributed by atoms with Crippen molar-refractivity contribution in [3.05, 3.63) is 47.0 Å². The van der Waals surface area contributed by atoms with Crippen molar-refractivity contribution in [3.63, 3.8) is 0 Å². The number of imidazole rings is 1. The molecule has 1 aliphatic heterocycles. The molecule has 4 nitrogen and oxygen atoms in total. The molecule has 2 heterocycles. The van der Waals surface area contributed by atoms with Crippen LogP contribution in [0.5, 0.6) is 0 Å². The molecule has 5 heteroatoms. The van der Waals surface area contributed by atoms with Crippen molar-refractivity contribution in [1.29, 1.82) is 5.26 Å². The van der Waals surface area contributed by atoms with E-state index in [0.717, 1.165) is 37.4 Å². The van der Waals surface area contributed by atoms with E-state index in [9.17, 15) is 5.26 Å². The smallest absolute Gasteiger partial charge is 0.110 e. The van der Waals surface area contributed by atoms with Gasteiger partial charge in [0.25, 0.3) is 0 Å². The molecule has 0 saturated carbocycles. The number of rotatable bonds is 2. The number of halogens is 1. The zero-order valence-corrected chi connectivity index (χ0v) is 11.8. The lowest BCUT2D eigenvalue weighted by molar-refractivity contribution is 0.494. The highest BCUT2D eigenvalue weighted by Crippen LogP contribution is 2.31. The molecule has 0 bridgehead atoms. The van der Waals surface area contributed by atoms with Gasteiger partial charge in [0.05, 0.1) is 11.3 Å².